The molecule has 0 saturated carbocycles. The summed E-state index contributed by atoms with van der Waals surface area (Å²) in [6.45, 7) is 0.206. The normalized spacial score (nSPS) is 11.7. The van der Waals surface area contributed by atoms with Crippen LogP contribution in [0, 0.1) is 0 Å². The summed E-state index contributed by atoms with van der Waals surface area (Å²) in [4.78, 5) is 25.7. The van der Waals surface area contributed by atoms with E-state index in [1.165, 1.54) is 4.90 Å². The molecule has 0 saturated heterocycles. The summed E-state index contributed by atoms with van der Waals surface area (Å²) in [6.07, 6.45) is 0.352. The highest BCUT2D eigenvalue weighted by Crippen LogP contribution is 2.18. The topological polar surface area (TPSA) is 66.8 Å². The standard InChI is InChI=1S/C21H25NO4/c1-22(15-20(24)17-11-13-18(26-2)14-12-17)21(25)10-6-9-19(23)16-7-4-3-5-8-16/h3-5,7-8,11-14,20,24H,6,9-10,15H2,1-2H3. The molecule has 0 fully saturated rings. The number of nitrogens with zero attached hydrogens (tertiary/aromatic N) is 1. The Bertz CT molecular complexity index is 713. The van der Waals surface area contributed by atoms with E-state index in [-0.39, 0.29) is 24.7 Å². The van der Waals surface area contributed by atoms with Crippen molar-refractivity contribution in [1.29, 1.82) is 0 Å². The van der Waals surface area contributed by atoms with Gasteiger partial charge in [-0.05, 0) is 24.1 Å². The van der Waals surface area contributed by atoms with Crippen LogP contribution in [0.2, 0.25) is 0 Å². The summed E-state index contributed by atoms with van der Waals surface area (Å²) in [7, 11) is 3.24. The largest absolute Gasteiger partial charge is 0.497 e. The molecule has 0 bridgehead atoms. The van der Waals surface area contributed by atoms with E-state index in [1.54, 1.807) is 50.6 Å². The number of carbonyl (C=O) groups excluding carboxylic acids is 2. The Hall–Kier alpha value is -2.66. The zero-order valence-electron chi connectivity index (χ0n) is 15.2. The first-order chi connectivity index (χ1) is 12.5. The second kappa shape index (κ2) is 9.73. The van der Waals surface area contributed by atoms with Crippen LogP contribution >= 0.6 is 0 Å². The summed E-state index contributed by atoms with van der Waals surface area (Å²) < 4.78 is 5.09. The first kappa shape index (κ1) is 19.7. The number of rotatable bonds is 9. The number of ether oxygens (including phenoxy) is 1. The fourth-order valence-electron chi connectivity index (χ4n) is 2.65. The maximum absolute atomic E-state index is 12.2. The van der Waals surface area contributed by atoms with Gasteiger partial charge in [0, 0.05) is 25.5 Å². The van der Waals surface area contributed by atoms with Gasteiger partial charge in [-0.1, -0.05) is 42.5 Å². The summed E-state index contributed by atoms with van der Waals surface area (Å²) in [5, 5.41) is 10.3. The van der Waals surface area contributed by atoms with E-state index < -0.39 is 6.10 Å². The van der Waals surface area contributed by atoms with Gasteiger partial charge in [-0.2, -0.15) is 0 Å². The zero-order valence-corrected chi connectivity index (χ0v) is 15.2. The first-order valence-corrected chi connectivity index (χ1v) is 8.65. The van der Waals surface area contributed by atoms with Crippen molar-refractivity contribution >= 4 is 11.7 Å². The molecule has 0 heterocycles. The molecule has 1 amide bonds. The third-order valence-electron chi connectivity index (χ3n) is 4.26. The second-order valence-corrected chi connectivity index (χ2v) is 6.21. The van der Waals surface area contributed by atoms with Crippen LogP contribution in [0.4, 0.5) is 0 Å². The van der Waals surface area contributed by atoms with Crippen LogP contribution in [0.1, 0.15) is 41.3 Å². The molecule has 1 N–H and O–H groups in total. The minimum absolute atomic E-state index is 0.0410. The third-order valence-corrected chi connectivity index (χ3v) is 4.26. The van der Waals surface area contributed by atoms with E-state index >= 15 is 0 Å². The van der Waals surface area contributed by atoms with Gasteiger partial charge in [0.05, 0.1) is 19.8 Å². The fraction of sp³-hybridized carbons (Fsp3) is 0.333. The van der Waals surface area contributed by atoms with Gasteiger partial charge in [-0.15, -0.1) is 0 Å². The number of methoxy groups -OCH3 is 1. The lowest BCUT2D eigenvalue weighted by atomic mass is 10.1. The Labute approximate surface area is 154 Å². The molecule has 0 spiro atoms. The number of carbonyl (C=O) groups is 2. The highest BCUT2D eigenvalue weighted by molar-refractivity contribution is 5.96. The maximum Gasteiger partial charge on any atom is 0.222 e. The number of aliphatic hydroxyl groups excluding tert-OH is 1. The fourth-order valence-corrected chi connectivity index (χ4v) is 2.65. The molecule has 2 rings (SSSR count). The molecule has 26 heavy (non-hydrogen) atoms. The number of likely N-dealkylation sites (N-methyl/N-ethyl adjacent to an activating group) is 1. The average Bonchev–Trinajstić information content (AvgIpc) is 2.68. The Kier molecular flexibility index (Phi) is 7.36. The van der Waals surface area contributed by atoms with E-state index in [4.69, 9.17) is 4.74 Å². The van der Waals surface area contributed by atoms with Crippen molar-refractivity contribution in [2.45, 2.75) is 25.4 Å². The minimum Gasteiger partial charge on any atom is -0.497 e. The molecule has 5 heteroatoms. The smallest absolute Gasteiger partial charge is 0.222 e. The molecule has 2 aromatic rings. The summed E-state index contributed by atoms with van der Waals surface area (Å²) in [5.74, 6) is 0.672. The molecule has 1 unspecified atom stereocenters. The van der Waals surface area contributed by atoms with Crippen molar-refractivity contribution in [3.8, 4) is 5.75 Å². The van der Waals surface area contributed by atoms with Gasteiger partial charge < -0.3 is 14.7 Å². The van der Waals surface area contributed by atoms with Crippen LogP contribution in [0.5, 0.6) is 5.75 Å². The first-order valence-electron chi connectivity index (χ1n) is 8.65. The lowest BCUT2D eigenvalue weighted by Crippen LogP contribution is -2.31. The summed E-state index contributed by atoms with van der Waals surface area (Å²) >= 11 is 0. The van der Waals surface area contributed by atoms with Gasteiger partial charge in [-0.3, -0.25) is 9.59 Å². The Morgan fingerprint density at radius 3 is 2.31 bits per heavy atom. The quantitative estimate of drug-likeness (QED) is 0.701. The maximum atomic E-state index is 12.2. The summed E-state index contributed by atoms with van der Waals surface area (Å²) in [6, 6.07) is 16.2. The van der Waals surface area contributed by atoms with E-state index in [2.05, 4.69) is 0 Å². The third kappa shape index (κ3) is 5.70. The van der Waals surface area contributed by atoms with Crippen molar-refractivity contribution in [2.75, 3.05) is 20.7 Å². The van der Waals surface area contributed by atoms with Gasteiger partial charge in [0.2, 0.25) is 5.91 Å². The molecule has 0 radical (unpaired) electrons. The van der Waals surface area contributed by atoms with Crippen LogP contribution in [0.15, 0.2) is 54.6 Å². The molecule has 0 aliphatic carbocycles. The molecular formula is C21H25NO4. The zero-order chi connectivity index (χ0) is 18.9. The van der Waals surface area contributed by atoms with E-state index in [0.29, 0.717) is 24.2 Å². The molecule has 1 atom stereocenters. The minimum atomic E-state index is -0.763. The van der Waals surface area contributed by atoms with Crippen molar-refractivity contribution < 1.29 is 19.4 Å². The monoisotopic (exact) mass is 355 g/mol. The Morgan fingerprint density at radius 2 is 1.69 bits per heavy atom. The average molecular weight is 355 g/mol. The molecule has 0 aromatic heterocycles. The SMILES string of the molecule is COc1ccc(C(O)CN(C)C(=O)CCCC(=O)c2ccccc2)cc1. The molecular weight excluding hydrogens is 330 g/mol. The van der Waals surface area contributed by atoms with Gasteiger partial charge in [0.25, 0.3) is 0 Å². The molecule has 138 valence electrons. The van der Waals surface area contributed by atoms with Gasteiger partial charge in [-0.25, -0.2) is 0 Å². The Balaban J connectivity index is 1.76. The van der Waals surface area contributed by atoms with Crippen molar-refractivity contribution in [1.82, 2.24) is 4.90 Å². The van der Waals surface area contributed by atoms with Crippen LogP contribution in [0.3, 0.4) is 0 Å². The highest BCUT2D eigenvalue weighted by atomic mass is 16.5. The number of amides is 1. The van der Waals surface area contributed by atoms with Crippen molar-refractivity contribution in [2.24, 2.45) is 0 Å². The summed E-state index contributed by atoms with van der Waals surface area (Å²) in [5.41, 5.74) is 1.40. The number of benzene rings is 2. The number of ketones is 1. The van der Waals surface area contributed by atoms with Crippen molar-refractivity contribution in [3.63, 3.8) is 0 Å². The highest BCUT2D eigenvalue weighted by Gasteiger charge is 2.16. The molecule has 0 aliphatic heterocycles. The molecule has 2 aromatic carbocycles. The number of Topliss-reactive ketones (excluding diaryl/α,β-unsaturated/α-hetero) is 1. The van der Waals surface area contributed by atoms with Crippen LogP contribution in [-0.4, -0.2) is 42.4 Å². The van der Waals surface area contributed by atoms with E-state index in [1.807, 2.05) is 18.2 Å². The lowest BCUT2D eigenvalue weighted by Gasteiger charge is -2.21. The van der Waals surface area contributed by atoms with Crippen LogP contribution in [0.25, 0.3) is 0 Å². The predicted molar refractivity (Wildman–Crippen MR) is 100 cm³/mol. The molecule has 5 nitrogen and oxygen atoms in total. The van der Waals surface area contributed by atoms with Crippen LogP contribution in [-0.2, 0) is 4.79 Å². The number of hydrogen-bond acceptors (Lipinski definition) is 4. The van der Waals surface area contributed by atoms with Gasteiger partial charge >= 0.3 is 0 Å². The molecule has 0 aliphatic rings. The van der Waals surface area contributed by atoms with Gasteiger partial charge in [0.15, 0.2) is 5.78 Å². The van der Waals surface area contributed by atoms with Crippen LogP contribution < -0.4 is 4.74 Å². The van der Waals surface area contributed by atoms with Crippen molar-refractivity contribution in [3.05, 3.63) is 65.7 Å². The lowest BCUT2D eigenvalue weighted by molar-refractivity contribution is -0.131. The van der Waals surface area contributed by atoms with E-state index in [0.717, 1.165) is 5.56 Å². The second-order valence-electron chi connectivity index (χ2n) is 6.21. The predicted octanol–water partition coefficient (Wildman–Crippen LogP) is 3.24. The Morgan fingerprint density at radius 1 is 1.04 bits per heavy atom. The number of aliphatic hydroxyl groups is 1. The van der Waals surface area contributed by atoms with Gasteiger partial charge in [0.1, 0.15) is 5.75 Å². The number of hydrogen-bond donors (Lipinski definition) is 1. The van der Waals surface area contributed by atoms with E-state index in [9.17, 15) is 14.7 Å².